The Labute approximate surface area is 320 Å². The quantitative estimate of drug-likeness (QED) is 0.0765. The summed E-state index contributed by atoms with van der Waals surface area (Å²) in [5.41, 5.74) is 12.3. The number of aromatic nitrogens is 8. The highest BCUT2D eigenvalue weighted by Gasteiger charge is 2.80. The lowest BCUT2D eigenvalue weighted by Crippen LogP contribution is -2.75. The number of hydrogen-bond donors (Lipinski definition) is 5. The summed E-state index contributed by atoms with van der Waals surface area (Å²) < 4.78 is 73.9. The Balaban J connectivity index is 1.10. The van der Waals surface area contributed by atoms with Crippen LogP contribution in [-0.4, -0.2) is 101 Å². The molecule has 4 aromatic rings. The van der Waals surface area contributed by atoms with E-state index in [9.17, 15) is 14.0 Å². The van der Waals surface area contributed by atoms with Gasteiger partial charge >= 0.3 is 13.6 Å². The number of fused-ring (bicyclic) bond motifs is 2. The maximum absolute atomic E-state index is 14.4. The van der Waals surface area contributed by atoms with E-state index >= 15 is 0 Å². The molecule has 7 heterocycles. The molecule has 1 aliphatic carbocycles. The second kappa shape index (κ2) is 12.9. The molecule has 0 amide bonds. The molecule has 1 unspecified atom stereocenters. The molecule has 0 bridgehead atoms. The van der Waals surface area contributed by atoms with Gasteiger partial charge in [-0.15, -0.1) is 0 Å². The van der Waals surface area contributed by atoms with E-state index in [0.717, 1.165) is 0 Å². The first kappa shape index (κ1) is 38.6. The Bertz CT molecular complexity index is 2220. The number of rotatable bonds is 12. The van der Waals surface area contributed by atoms with Crippen LogP contribution in [0.4, 0.5) is 11.6 Å². The Morgan fingerprint density at radius 1 is 0.944 bits per heavy atom. The second-order valence-corrected chi connectivity index (χ2v) is 26.2. The molecule has 25 heteroatoms. The van der Waals surface area contributed by atoms with Gasteiger partial charge in [0.1, 0.15) is 53.7 Å². The van der Waals surface area contributed by atoms with Gasteiger partial charge in [0.25, 0.3) is 0 Å². The number of anilines is 2. The molecule has 11 atom stereocenters. The number of hydrogen-bond acceptors (Lipinski definition) is 17. The van der Waals surface area contributed by atoms with Gasteiger partial charge in [0.05, 0.1) is 37.4 Å². The SMILES string of the molecule is CC(C)(C)[Si](C)(C)OC1[C@@H](O[P@](=O)(S)OC[C@@]23C[C@]4(C)O[C@@H]([C@H](n5cnc6c(N)ncnc65)O2)[C@@H]34)[C@H](n2cnc3c(N)ncnc32)O[C@@H]1CO[P@@](=O)(O)S. The highest BCUT2D eigenvalue weighted by atomic mass is 32.7. The van der Waals surface area contributed by atoms with Crippen molar-refractivity contribution >= 4 is 80.4 Å². The third-order valence-corrected chi connectivity index (χ3v) is 18.1. The van der Waals surface area contributed by atoms with Crippen LogP contribution in [0.2, 0.25) is 18.1 Å². The first-order chi connectivity index (χ1) is 25.1. The number of thiol groups is 2. The molecule has 4 aromatic heterocycles. The van der Waals surface area contributed by atoms with Crippen LogP contribution in [-0.2, 0) is 41.3 Å². The van der Waals surface area contributed by atoms with Gasteiger partial charge in [0.2, 0.25) is 0 Å². The van der Waals surface area contributed by atoms with Gasteiger partial charge in [0, 0.05) is 6.42 Å². The number of imidazole rings is 2. The standard InChI is InChI=1S/C29H42N10O10P2S2Si/c1-27(2,3)54(5,6)49-17-14(7-43-50(40,41)52)45-25(38-12-36-15-21(30)32-10-34-23(15)38)18(17)48-51(42,53)44-9-29-8-28(4)20(29)19(46-28)26(47-29)39-13-37-16-22(31)33-11-35-24(16)39/h10-14,17-20,25-26H,7-9H2,1-6H3,(H,42,53)(H2,30,32,34)(H2,31,33,35)(H2,40,41,52)/t14-,17?,18-,19-,20-,25-,26-,28+,29-,51-/m1/s1. The molecular weight excluding hydrogens is 803 g/mol. The van der Waals surface area contributed by atoms with Crippen molar-refractivity contribution in [2.45, 2.75) is 100 Å². The maximum atomic E-state index is 14.4. The van der Waals surface area contributed by atoms with Crippen molar-refractivity contribution in [2.75, 3.05) is 24.7 Å². The van der Waals surface area contributed by atoms with Crippen molar-refractivity contribution in [3.63, 3.8) is 0 Å². The van der Waals surface area contributed by atoms with Crippen LogP contribution < -0.4 is 11.5 Å². The van der Waals surface area contributed by atoms with Crippen LogP contribution in [0.1, 0.15) is 46.6 Å². The first-order valence-electron chi connectivity index (χ1n) is 17.0. The maximum Gasteiger partial charge on any atom is 0.386 e. The summed E-state index contributed by atoms with van der Waals surface area (Å²) in [4.78, 5) is 35.4. The fourth-order valence-corrected chi connectivity index (χ4v) is 11.2. The average molecular weight is 845 g/mol. The molecule has 4 fully saturated rings. The van der Waals surface area contributed by atoms with E-state index in [1.54, 1.807) is 10.9 Å². The molecule has 20 nitrogen and oxygen atoms in total. The lowest BCUT2D eigenvalue weighted by molar-refractivity contribution is -0.334. The molecule has 294 valence electrons. The van der Waals surface area contributed by atoms with Crippen LogP contribution in [0.25, 0.3) is 22.3 Å². The molecule has 4 aliphatic rings. The summed E-state index contributed by atoms with van der Waals surface area (Å²) in [6.45, 7) is 3.05. The molecule has 1 saturated carbocycles. The summed E-state index contributed by atoms with van der Waals surface area (Å²) in [5.74, 6) is 0.249. The lowest BCUT2D eigenvalue weighted by Gasteiger charge is -2.64. The topological polar surface area (TPSA) is 258 Å². The van der Waals surface area contributed by atoms with Crippen molar-refractivity contribution in [2.24, 2.45) is 5.92 Å². The first-order valence-corrected chi connectivity index (χ1v) is 25.4. The summed E-state index contributed by atoms with van der Waals surface area (Å²) >= 11 is 8.15. The van der Waals surface area contributed by atoms with Crippen LogP contribution in [0.3, 0.4) is 0 Å². The summed E-state index contributed by atoms with van der Waals surface area (Å²) in [7, 11) is -2.65. The van der Waals surface area contributed by atoms with E-state index < -0.39 is 70.5 Å². The van der Waals surface area contributed by atoms with E-state index in [2.05, 4.69) is 54.4 Å². The average Bonchev–Trinajstić information content (AvgIpc) is 3.79. The molecule has 3 aliphatic heterocycles. The summed E-state index contributed by atoms with van der Waals surface area (Å²) in [6, 6.07) is 0. The predicted molar refractivity (Wildman–Crippen MR) is 202 cm³/mol. The molecule has 0 spiro atoms. The van der Waals surface area contributed by atoms with E-state index in [1.165, 1.54) is 23.5 Å². The summed E-state index contributed by atoms with van der Waals surface area (Å²) in [5, 5.41) is -0.298. The smallest absolute Gasteiger partial charge is 0.386 e. The van der Waals surface area contributed by atoms with Crippen molar-refractivity contribution in [1.29, 1.82) is 0 Å². The normalized spacial score (nSPS) is 34.4. The molecule has 0 aromatic carbocycles. The third kappa shape index (κ3) is 6.42. The van der Waals surface area contributed by atoms with Crippen LogP contribution in [0, 0.1) is 5.92 Å². The van der Waals surface area contributed by atoms with Gasteiger partial charge in [-0.1, -0.05) is 45.3 Å². The minimum Gasteiger partial charge on any atom is -0.408 e. The van der Waals surface area contributed by atoms with Gasteiger partial charge in [-0.2, -0.15) is 0 Å². The number of ether oxygens (including phenoxy) is 3. The largest absolute Gasteiger partial charge is 0.408 e. The monoisotopic (exact) mass is 844 g/mol. The fourth-order valence-electron chi connectivity index (χ4n) is 7.84. The fraction of sp³-hybridized carbons (Fsp3) is 0.655. The molecule has 8 rings (SSSR count). The number of nitrogens with zero attached hydrogens (tertiary/aromatic N) is 8. The van der Waals surface area contributed by atoms with Gasteiger partial charge < -0.3 is 35.0 Å². The molecule has 3 saturated heterocycles. The van der Waals surface area contributed by atoms with Crippen LogP contribution in [0.5, 0.6) is 0 Å². The van der Waals surface area contributed by atoms with E-state index in [0.29, 0.717) is 28.7 Å². The van der Waals surface area contributed by atoms with E-state index in [1.807, 2.05) is 40.8 Å². The van der Waals surface area contributed by atoms with Gasteiger partial charge in [-0.3, -0.25) is 22.7 Å². The van der Waals surface area contributed by atoms with Crippen LogP contribution in [0.15, 0.2) is 25.3 Å². The Kier molecular flexibility index (Phi) is 9.22. The molecular formula is C29H42N10O10P2S2Si. The van der Waals surface area contributed by atoms with Crippen molar-refractivity contribution in [3.8, 4) is 0 Å². The second-order valence-electron chi connectivity index (χ2n) is 15.8. The third-order valence-electron chi connectivity index (χ3n) is 11.2. The number of nitrogens with two attached hydrogens (primary N) is 2. The minimum atomic E-state index is -4.29. The van der Waals surface area contributed by atoms with Gasteiger partial charge in [0.15, 0.2) is 43.7 Å². The van der Waals surface area contributed by atoms with Crippen molar-refractivity contribution in [1.82, 2.24) is 39.0 Å². The highest BCUT2D eigenvalue weighted by Crippen LogP contribution is 2.70. The van der Waals surface area contributed by atoms with E-state index in [-0.39, 0.29) is 35.3 Å². The molecule has 5 N–H and O–H groups in total. The predicted octanol–water partition coefficient (Wildman–Crippen LogP) is 4.05. The zero-order valence-corrected chi connectivity index (χ0v) is 34.7. The van der Waals surface area contributed by atoms with Crippen molar-refractivity contribution < 1.29 is 46.2 Å². The zero-order valence-electron chi connectivity index (χ0n) is 30.1. The summed E-state index contributed by atoms with van der Waals surface area (Å²) in [6.07, 6.45) is 0.738. The molecule has 54 heavy (non-hydrogen) atoms. The molecule has 0 radical (unpaired) electrons. The Hall–Kier alpha value is -2.24. The van der Waals surface area contributed by atoms with E-state index in [4.69, 9.17) is 43.7 Å². The minimum absolute atomic E-state index is 0.114. The van der Waals surface area contributed by atoms with Gasteiger partial charge in [-0.05, 0) is 25.1 Å². The van der Waals surface area contributed by atoms with Crippen molar-refractivity contribution in [3.05, 3.63) is 25.3 Å². The van der Waals surface area contributed by atoms with Crippen LogP contribution >= 0.6 is 38.1 Å². The Morgan fingerprint density at radius 3 is 2.09 bits per heavy atom. The lowest BCUT2D eigenvalue weighted by atomic mass is 9.54. The zero-order chi connectivity index (χ0) is 38.8. The number of nitrogen functional groups attached to an aromatic ring is 2. The Morgan fingerprint density at radius 2 is 1.54 bits per heavy atom. The van der Waals surface area contributed by atoms with Gasteiger partial charge in [-0.25, -0.2) is 39.0 Å². The highest BCUT2D eigenvalue weighted by molar-refractivity contribution is 8.44.